The van der Waals surface area contributed by atoms with Crippen LogP contribution in [0.15, 0.2) is 12.1 Å². The number of aromatic nitrogens is 1. The van der Waals surface area contributed by atoms with Gasteiger partial charge < -0.3 is 20.1 Å². The fourth-order valence-corrected chi connectivity index (χ4v) is 2.09. The highest BCUT2D eigenvalue weighted by Crippen LogP contribution is 2.25. The van der Waals surface area contributed by atoms with Gasteiger partial charge >= 0.3 is 11.9 Å². The van der Waals surface area contributed by atoms with Crippen LogP contribution in [0.1, 0.15) is 42.9 Å². The molecule has 0 aliphatic rings. The first-order valence-electron chi connectivity index (χ1n) is 6.69. The molecule has 20 heavy (non-hydrogen) atoms. The summed E-state index contributed by atoms with van der Waals surface area (Å²) in [6, 6.07) is 3.42. The molecule has 0 amide bonds. The molecule has 6 nitrogen and oxygen atoms in total. The van der Waals surface area contributed by atoms with Crippen LogP contribution in [-0.4, -0.2) is 35.7 Å². The van der Waals surface area contributed by atoms with Crippen molar-refractivity contribution in [3.8, 4) is 0 Å². The first kappa shape index (κ1) is 16.2. The van der Waals surface area contributed by atoms with Crippen molar-refractivity contribution in [2.75, 3.05) is 13.7 Å². The van der Waals surface area contributed by atoms with Crippen molar-refractivity contribution in [3.63, 3.8) is 0 Å². The van der Waals surface area contributed by atoms with Gasteiger partial charge in [0, 0.05) is 18.8 Å². The SMILES string of the molecule is CCC(CC)(CNCc1ccc(C(=O)OC)[nH]1)C(=O)O. The van der Waals surface area contributed by atoms with Crippen molar-refractivity contribution >= 4 is 11.9 Å². The molecule has 0 radical (unpaired) electrons. The van der Waals surface area contributed by atoms with E-state index in [0.29, 0.717) is 31.6 Å². The van der Waals surface area contributed by atoms with Crippen LogP contribution in [0, 0.1) is 5.41 Å². The van der Waals surface area contributed by atoms with E-state index in [9.17, 15) is 14.7 Å². The molecular formula is C14H22N2O4. The second kappa shape index (κ2) is 7.09. The third-order valence-corrected chi connectivity index (χ3v) is 3.74. The smallest absolute Gasteiger partial charge is 0.354 e. The predicted molar refractivity (Wildman–Crippen MR) is 74.5 cm³/mol. The van der Waals surface area contributed by atoms with Gasteiger partial charge in [0.05, 0.1) is 12.5 Å². The summed E-state index contributed by atoms with van der Waals surface area (Å²) in [5.41, 5.74) is 0.467. The van der Waals surface area contributed by atoms with Gasteiger partial charge in [0.2, 0.25) is 0 Å². The maximum atomic E-state index is 11.3. The minimum atomic E-state index is -0.781. The average molecular weight is 282 g/mol. The van der Waals surface area contributed by atoms with Gasteiger partial charge in [-0.3, -0.25) is 4.79 Å². The molecule has 0 aliphatic carbocycles. The molecule has 1 aromatic rings. The third-order valence-electron chi connectivity index (χ3n) is 3.74. The van der Waals surface area contributed by atoms with Gasteiger partial charge in [-0.15, -0.1) is 0 Å². The Morgan fingerprint density at radius 2 is 2.00 bits per heavy atom. The van der Waals surface area contributed by atoms with Gasteiger partial charge in [-0.2, -0.15) is 0 Å². The largest absolute Gasteiger partial charge is 0.481 e. The van der Waals surface area contributed by atoms with Gasteiger partial charge in [-0.05, 0) is 25.0 Å². The van der Waals surface area contributed by atoms with Crippen molar-refractivity contribution in [3.05, 3.63) is 23.5 Å². The van der Waals surface area contributed by atoms with Crippen LogP contribution < -0.4 is 5.32 Å². The topological polar surface area (TPSA) is 91.4 Å². The van der Waals surface area contributed by atoms with E-state index in [0.717, 1.165) is 5.69 Å². The summed E-state index contributed by atoms with van der Waals surface area (Å²) in [6.45, 7) is 4.63. The molecule has 0 spiro atoms. The zero-order chi connectivity index (χ0) is 15.2. The molecule has 0 aliphatic heterocycles. The molecule has 1 heterocycles. The number of carbonyl (C=O) groups is 2. The molecule has 0 fully saturated rings. The van der Waals surface area contributed by atoms with Crippen LogP contribution in [0.3, 0.4) is 0 Å². The molecule has 3 N–H and O–H groups in total. The summed E-state index contributed by atoms with van der Waals surface area (Å²) in [7, 11) is 1.32. The van der Waals surface area contributed by atoms with Gasteiger partial charge in [-0.25, -0.2) is 4.79 Å². The average Bonchev–Trinajstić information content (AvgIpc) is 2.91. The minimum absolute atomic E-state index is 0.389. The highest BCUT2D eigenvalue weighted by atomic mass is 16.5. The highest BCUT2D eigenvalue weighted by Gasteiger charge is 2.34. The molecule has 0 bridgehead atoms. The van der Waals surface area contributed by atoms with Crippen LogP contribution in [0.5, 0.6) is 0 Å². The Balaban J connectivity index is 2.57. The Morgan fingerprint density at radius 3 is 2.50 bits per heavy atom. The molecular weight excluding hydrogens is 260 g/mol. The maximum Gasteiger partial charge on any atom is 0.354 e. The lowest BCUT2D eigenvalue weighted by molar-refractivity contribution is -0.149. The summed E-state index contributed by atoms with van der Waals surface area (Å²) >= 11 is 0. The zero-order valence-corrected chi connectivity index (χ0v) is 12.2. The summed E-state index contributed by atoms with van der Waals surface area (Å²) in [4.78, 5) is 25.6. The van der Waals surface area contributed by atoms with Gasteiger partial charge in [0.15, 0.2) is 0 Å². The number of hydrogen-bond donors (Lipinski definition) is 3. The minimum Gasteiger partial charge on any atom is -0.481 e. The molecule has 0 saturated carbocycles. The molecule has 1 aromatic heterocycles. The third kappa shape index (κ3) is 3.60. The number of aliphatic carboxylic acids is 1. The second-order valence-corrected chi connectivity index (χ2v) is 4.78. The number of rotatable bonds is 8. The Kier molecular flexibility index (Phi) is 5.76. The van der Waals surface area contributed by atoms with Crippen molar-refractivity contribution in [1.82, 2.24) is 10.3 Å². The molecule has 112 valence electrons. The lowest BCUT2D eigenvalue weighted by Crippen LogP contribution is -2.40. The number of carboxylic acids is 1. The first-order chi connectivity index (χ1) is 9.49. The summed E-state index contributed by atoms with van der Waals surface area (Å²) in [5.74, 6) is -1.20. The Morgan fingerprint density at radius 1 is 1.35 bits per heavy atom. The van der Waals surface area contributed by atoms with E-state index in [4.69, 9.17) is 0 Å². The van der Waals surface area contributed by atoms with E-state index >= 15 is 0 Å². The highest BCUT2D eigenvalue weighted by molar-refractivity contribution is 5.87. The normalized spacial score (nSPS) is 11.3. The van der Waals surface area contributed by atoms with E-state index in [2.05, 4.69) is 15.0 Å². The molecule has 1 rings (SSSR count). The van der Waals surface area contributed by atoms with Gasteiger partial charge in [-0.1, -0.05) is 13.8 Å². The molecule has 0 aromatic carbocycles. The Bertz CT molecular complexity index is 463. The quantitative estimate of drug-likeness (QED) is 0.632. The Hall–Kier alpha value is -1.82. The molecule has 0 atom stereocenters. The fourth-order valence-electron chi connectivity index (χ4n) is 2.09. The number of aromatic amines is 1. The lowest BCUT2D eigenvalue weighted by atomic mass is 9.82. The number of hydrogen-bond acceptors (Lipinski definition) is 4. The van der Waals surface area contributed by atoms with Crippen molar-refractivity contribution < 1.29 is 19.4 Å². The number of methoxy groups -OCH3 is 1. The van der Waals surface area contributed by atoms with Gasteiger partial charge in [0.1, 0.15) is 5.69 Å². The van der Waals surface area contributed by atoms with Crippen LogP contribution in [-0.2, 0) is 16.1 Å². The standard InChI is InChI=1S/C14H22N2O4/c1-4-14(5-2,13(18)19)9-15-8-10-6-7-11(16-10)12(17)20-3/h6-7,15-16H,4-5,8-9H2,1-3H3,(H,18,19). The van der Waals surface area contributed by atoms with Crippen molar-refractivity contribution in [2.24, 2.45) is 5.41 Å². The lowest BCUT2D eigenvalue weighted by Gasteiger charge is -2.26. The summed E-state index contributed by atoms with van der Waals surface area (Å²) < 4.78 is 4.61. The number of carboxylic acid groups (broad SMARTS) is 1. The molecule has 6 heteroatoms. The number of esters is 1. The van der Waals surface area contributed by atoms with Crippen molar-refractivity contribution in [1.29, 1.82) is 0 Å². The zero-order valence-electron chi connectivity index (χ0n) is 12.2. The van der Waals surface area contributed by atoms with E-state index in [-0.39, 0.29) is 0 Å². The van der Waals surface area contributed by atoms with Crippen LogP contribution in [0.2, 0.25) is 0 Å². The predicted octanol–water partition coefficient (Wildman–Crippen LogP) is 1.78. The number of ether oxygens (including phenoxy) is 1. The van der Waals surface area contributed by atoms with Gasteiger partial charge in [0.25, 0.3) is 0 Å². The molecule has 0 saturated heterocycles. The fraction of sp³-hybridized carbons (Fsp3) is 0.571. The van der Waals surface area contributed by atoms with E-state index in [1.807, 2.05) is 13.8 Å². The second-order valence-electron chi connectivity index (χ2n) is 4.78. The van der Waals surface area contributed by atoms with Crippen LogP contribution >= 0.6 is 0 Å². The number of H-pyrrole nitrogens is 1. The summed E-state index contributed by atoms with van der Waals surface area (Å²) in [6.07, 6.45) is 1.15. The van der Waals surface area contributed by atoms with Crippen molar-refractivity contribution in [2.45, 2.75) is 33.2 Å². The van der Waals surface area contributed by atoms with E-state index in [1.54, 1.807) is 12.1 Å². The Labute approximate surface area is 118 Å². The number of nitrogens with one attached hydrogen (secondary N) is 2. The first-order valence-corrected chi connectivity index (χ1v) is 6.69. The maximum absolute atomic E-state index is 11.3. The molecule has 0 unspecified atom stereocenters. The monoisotopic (exact) mass is 282 g/mol. The number of carbonyl (C=O) groups excluding carboxylic acids is 1. The van der Waals surface area contributed by atoms with E-state index < -0.39 is 17.4 Å². The summed E-state index contributed by atoms with van der Waals surface area (Å²) in [5, 5.41) is 12.5. The van der Waals surface area contributed by atoms with Crippen LogP contribution in [0.4, 0.5) is 0 Å². The van der Waals surface area contributed by atoms with E-state index in [1.165, 1.54) is 7.11 Å². The van der Waals surface area contributed by atoms with Crippen LogP contribution in [0.25, 0.3) is 0 Å².